The Morgan fingerprint density at radius 3 is 0.844 bits per heavy atom. The minimum atomic E-state index is -2.46. The molecule has 6 heteroatoms. The first-order valence-electron chi connectivity index (χ1n) is 39.2. The molecule has 0 spiro atoms. The maximum atomic E-state index is 11.5. The zero-order valence-corrected chi connectivity index (χ0v) is 71.4. The van der Waals surface area contributed by atoms with E-state index in [1.54, 1.807) is 14.0 Å². The molecule has 0 bridgehead atoms. The third kappa shape index (κ3) is 144. The quantitative estimate of drug-likeness (QED) is 0.128. The summed E-state index contributed by atoms with van der Waals surface area (Å²) in [6.45, 7) is 87.0. The maximum absolute atomic E-state index is 11.5. The molecular weight excluding hydrogens is 1110 g/mol. The molecule has 3 rings (SSSR count). The zero-order chi connectivity index (χ0) is 74.3. The van der Waals surface area contributed by atoms with Gasteiger partial charge in [0, 0.05) is 26.2 Å². The first-order valence-corrected chi connectivity index (χ1v) is 39.2. The van der Waals surface area contributed by atoms with E-state index in [0.717, 1.165) is 110 Å². The summed E-state index contributed by atoms with van der Waals surface area (Å²) in [5, 5.41) is 8.36. The Morgan fingerprint density at radius 1 is 0.500 bits per heavy atom. The number of aliphatic hydroxyl groups excluding tert-OH is 1. The molecule has 3 aliphatic carbocycles. The number of unbranched alkanes of at least 4 members (excludes halogenated alkanes) is 2. The van der Waals surface area contributed by atoms with E-state index in [1.807, 2.05) is 20.8 Å². The lowest BCUT2D eigenvalue weighted by Gasteiger charge is -2.28. The van der Waals surface area contributed by atoms with Crippen molar-refractivity contribution in [1.82, 2.24) is 0 Å². The maximum Gasteiger partial charge on any atom is 0.245 e. The third-order valence-corrected chi connectivity index (χ3v) is 18.1. The average Bonchev–Trinajstić information content (AvgIpc) is 3.76. The number of methoxy groups -OCH3 is 1. The Kier molecular flexibility index (Phi) is 110. The van der Waals surface area contributed by atoms with Gasteiger partial charge in [-0.1, -0.05) is 332 Å². The van der Waals surface area contributed by atoms with Crippen molar-refractivity contribution in [2.75, 3.05) is 13.7 Å². The molecule has 4 nitrogen and oxygen atoms in total. The summed E-state index contributed by atoms with van der Waals surface area (Å²) in [6, 6.07) is 0.384. The number of aliphatic hydroxyl groups is 1. The summed E-state index contributed by atoms with van der Waals surface area (Å²) in [5.41, 5.74) is 6.62. The Hall–Kier alpha value is -0.300. The molecule has 0 amide bonds. The molecule has 0 saturated heterocycles. The largest absolute Gasteiger partial charge is 0.393 e. The monoisotopic (exact) mass is 1300 g/mol. The van der Waals surface area contributed by atoms with Crippen LogP contribution in [0.4, 0.5) is 8.78 Å². The lowest BCUT2D eigenvalue weighted by atomic mass is 9.78. The van der Waals surface area contributed by atoms with E-state index >= 15 is 0 Å². The van der Waals surface area contributed by atoms with Crippen molar-refractivity contribution < 1.29 is 23.4 Å². The summed E-state index contributed by atoms with van der Waals surface area (Å²) >= 11 is 0. The highest BCUT2D eigenvalue weighted by Gasteiger charge is 2.34. The zero-order valence-electron chi connectivity index (χ0n) is 71.4. The van der Waals surface area contributed by atoms with E-state index in [1.165, 1.54) is 129 Å². The molecule has 564 valence electrons. The molecule has 3 aliphatic rings. The Labute approximate surface area is 577 Å². The Bertz CT molecular complexity index is 1070. The van der Waals surface area contributed by atoms with Crippen LogP contribution in [-0.4, -0.2) is 49.1 Å². The molecule has 0 radical (unpaired) electrons. The number of alkyl halides is 2. The van der Waals surface area contributed by atoms with Crippen LogP contribution in [-0.2, 0) is 9.47 Å². The fourth-order valence-electron chi connectivity index (χ4n) is 5.93. The van der Waals surface area contributed by atoms with Crippen LogP contribution in [0.5, 0.6) is 0 Å². The lowest BCUT2D eigenvalue weighted by Crippen LogP contribution is -2.16. The molecule has 0 aliphatic heterocycles. The van der Waals surface area contributed by atoms with Gasteiger partial charge in [0.05, 0.1) is 18.3 Å². The molecule has 1 unspecified atom stereocenters. The highest BCUT2D eigenvalue weighted by Crippen LogP contribution is 2.47. The fourth-order valence-corrected chi connectivity index (χ4v) is 5.93. The molecule has 0 aromatic carbocycles. The van der Waals surface area contributed by atoms with Gasteiger partial charge in [-0.3, -0.25) is 0 Å². The standard InChI is InChI=1S/C7H14.2C7H16.C6H14O.2C6H12.3C6H14.C5H12O.2C5H12.C4H8F2.C4H11N.C4H10O/c1-6-4-3-5-7(6)2;2*1-5-7(4)6(2)3;1-4-6(3)7-5-2;1-5-3-6(2)4-5;1-3-6(2)4-5-6;1-5-6(2,3)4;1-4-5-6(2)3;1-4-6(3)5-2;1-4-5(2)6-3;1-4-5(2)3;1-3-5-4-2;1-3-4(2,5)6;2*1-3-4(2)5/h6-7H,3-5H2,1-2H3;2*6-7H,5H2,1-4H3;6H,4-5H2,1-3H3;5-6H,3-4H2,1-2H3;3-5H2,1-2H3;5H2,1-4H3;2*6H,4-5H2,1-3H3;5H,4H2,1-3H3;5H,4H2,1-3H3;3-5H2,1-2H3;3H2,1-2H3;4H,3,5H2,1-2H3;4-5H,3H2,1-2H3/t6-,7+;7-;;6-;;;;;;5-;;;;2*4-/m.0.0.....0...00/s1. The van der Waals surface area contributed by atoms with Crippen LogP contribution in [0.25, 0.3) is 0 Å². The van der Waals surface area contributed by atoms with Gasteiger partial charge >= 0.3 is 0 Å². The molecule has 0 heterocycles. The minimum Gasteiger partial charge on any atom is -0.393 e. The Balaban J connectivity index is -0.0000000725. The topological polar surface area (TPSA) is 64.7 Å². The summed E-state index contributed by atoms with van der Waals surface area (Å²) in [7, 11) is 1.73. The van der Waals surface area contributed by atoms with Crippen LogP contribution in [0, 0.1) is 75.9 Å². The molecular formula is C84H191F2NO3. The van der Waals surface area contributed by atoms with Gasteiger partial charge in [-0.25, -0.2) is 8.78 Å². The van der Waals surface area contributed by atoms with E-state index in [4.69, 9.17) is 20.3 Å². The number of ether oxygens (including phenoxy) is 2. The van der Waals surface area contributed by atoms with Gasteiger partial charge in [-0.15, -0.1) is 0 Å². The smallest absolute Gasteiger partial charge is 0.245 e. The second kappa shape index (κ2) is 84.8. The summed E-state index contributed by atoms with van der Waals surface area (Å²) in [4.78, 5) is 0. The van der Waals surface area contributed by atoms with Crippen LogP contribution >= 0.6 is 0 Å². The predicted octanol–water partition coefficient (Wildman–Crippen LogP) is 30.5. The number of rotatable bonds is 20. The summed E-state index contributed by atoms with van der Waals surface area (Å²) < 4.78 is 33.0. The van der Waals surface area contributed by atoms with Crippen molar-refractivity contribution in [2.45, 2.75) is 461 Å². The van der Waals surface area contributed by atoms with E-state index in [-0.39, 0.29) is 12.5 Å². The van der Waals surface area contributed by atoms with Crippen molar-refractivity contribution >= 4 is 0 Å². The van der Waals surface area contributed by atoms with E-state index in [2.05, 4.69) is 235 Å². The molecule has 0 aromatic rings. The van der Waals surface area contributed by atoms with Gasteiger partial charge in [0.1, 0.15) is 0 Å². The van der Waals surface area contributed by atoms with Crippen LogP contribution in [0.3, 0.4) is 0 Å². The second-order valence-electron chi connectivity index (χ2n) is 30.9. The molecule has 8 atom stereocenters. The van der Waals surface area contributed by atoms with Crippen molar-refractivity contribution in [3.63, 3.8) is 0 Å². The van der Waals surface area contributed by atoms with Crippen LogP contribution in [0.2, 0.25) is 0 Å². The van der Waals surface area contributed by atoms with Gasteiger partial charge in [0.2, 0.25) is 5.92 Å². The number of nitrogens with two attached hydrogens (primary N) is 1. The number of halogens is 2. The SMILES string of the molecule is CC1CC(C)C1.CCC(C)(C)C.CCC(C)(F)F.CCC(C)C.CCC(C)C(C)C.CCC(C)CC.CCC1(C)CC1.CCCC(C)C.CCCCC.CCO[C@@H](C)CC.CC[C@H](C)C(C)C.CC[C@H](C)N.CC[C@H](C)O.CC[C@H](C)OC.C[C@@H]1CCC[C@@H]1C. The Morgan fingerprint density at radius 2 is 0.822 bits per heavy atom. The van der Waals surface area contributed by atoms with Crippen molar-refractivity contribution in [3.8, 4) is 0 Å². The number of hydrogen-bond acceptors (Lipinski definition) is 4. The van der Waals surface area contributed by atoms with E-state index < -0.39 is 5.92 Å². The lowest BCUT2D eigenvalue weighted by molar-refractivity contribution is 0.0181. The molecule has 90 heavy (non-hydrogen) atoms. The summed E-state index contributed by atoms with van der Waals surface area (Å²) in [6.07, 6.45) is 31.2. The molecule has 3 fully saturated rings. The van der Waals surface area contributed by atoms with Gasteiger partial charge < -0.3 is 20.3 Å². The first-order chi connectivity index (χ1) is 41.3. The normalized spacial score (nSPS) is 18.1. The van der Waals surface area contributed by atoms with Crippen molar-refractivity contribution in [2.24, 2.45) is 81.7 Å². The van der Waals surface area contributed by atoms with Gasteiger partial charge in [0.15, 0.2) is 0 Å². The molecule has 0 aromatic heterocycles. The minimum absolute atomic E-state index is 0.0625. The highest BCUT2D eigenvalue weighted by atomic mass is 19.3. The molecule has 3 saturated carbocycles. The summed E-state index contributed by atoms with van der Waals surface area (Å²) in [5.74, 6) is 7.91. The van der Waals surface area contributed by atoms with Gasteiger partial charge in [-0.2, -0.15) is 0 Å². The van der Waals surface area contributed by atoms with Crippen LogP contribution in [0.15, 0.2) is 0 Å². The average molecular weight is 1300 g/mol. The predicted molar refractivity (Wildman–Crippen MR) is 420 cm³/mol. The third-order valence-electron chi connectivity index (χ3n) is 18.1. The van der Waals surface area contributed by atoms with Gasteiger partial charge in [0.25, 0.3) is 0 Å². The van der Waals surface area contributed by atoms with Crippen LogP contribution < -0.4 is 5.73 Å². The van der Waals surface area contributed by atoms with Gasteiger partial charge in [-0.05, 0) is 169 Å². The van der Waals surface area contributed by atoms with E-state index in [0.29, 0.717) is 23.7 Å². The van der Waals surface area contributed by atoms with Crippen LogP contribution in [0.1, 0.15) is 431 Å². The molecule has 3 N–H and O–H groups in total. The highest BCUT2D eigenvalue weighted by molar-refractivity contribution is 4.86. The first kappa shape index (κ1) is 117. The number of hydrogen-bond donors (Lipinski definition) is 2. The fraction of sp³-hybridized carbons (Fsp3) is 1.00. The second-order valence-corrected chi connectivity index (χ2v) is 30.9. The van der Waals surface area contributed by atoms with Crippen molar-refractivity contribution in [3.05, 3.63) is 0 Å². The van der Waals surface area contributed by atoms with Crippen molar-refractivity contribution in [1.29, 1.82) is 0 Å². The van der Waals surface area contributed by atoms with E-state index in [9.17, 15) is 8.78 Å².